The number of rotatable bonds is 1. The maximum absolute atomic E-state index is 13.0. The second-order valence-corrected chi connectivity index (χ2v) is 6.52. The van der Waals surface area contributed by atoms with Gasteiger partial charge in [-0.1, -0.05) is 18.1 Å². The summed E-state index contributed by atoms with van der Waals surface area (Å²) in [5, 5.41) is 14.4. The van der Waals surface area contributed by atoms with E-state index in [2.05, 4.69) is 5.32 Å². The SMILES string of the molecule is Cc1cc(C(F)(F)F)cc(C2(O)CC3CCCC(C2)N3)c1. The van der Waals surface area contributed by atoms with Crippen molar-refractivity contribution in [3.8, 4) is 0 Å². The predicted octanol–water partition coefficient (Wildman–Crippen LogP) is 3.51. The quantitative estimate of drug-likeness (QED) is 0.832. The molecule has 2 saturated heterocycles. The van der Waals surface area contributed by atoms with Crippen LogP contribution in [0.1, 0.15) is 48.8 Å². The van der Waals surface area contributed by atoms with E-state index < -0.39 is 17.3 Å². The average molecular weight is 299 g/mol. The van der Waals surface area contributed by atoms with E-state index in [4.69, 9.17) is 0 Å². The first kappa shape index (κ1) is 14.9. The highest BCUT2D eigenvalue weighted by Crippen LogP contribution is 2.41. The molecule has 0 radical (unpaired) electrons. The van der Waals surface area contributed by atoms with E-state index in [0.717, 1.165) is 31.4 Å². The molecular weight excluding hydrogens is 279 g/mol. The molecule has 1 aromatic carbocycles. The van der Waals surface area contributed by atoms with E-state index in [1.165, 1.54) is 0 Å². The molecule has 2 heterocycles. The number of nitrogens with one attached hydrogen (secondary N) is 1. The summed E-state index contributed by atoms with van der Waals surface area (Å²) in [6.45, 7) is 1.64. The van der Waals surface area contributed by atoms with Gasteiger partial charge in [0, 0.05) is 12.1 Å². The Balaban J connectivity index is 1.97. The smallest absolute Gasteiger partial charge is 0.385 e. The molecule has 2 aliphatic heterocycles. The summed E-state index contributed by atoms with van der Waals surface area (Å²) in [5.74, 6) is 0. The third kappa shape index (κ3) is 2.94. The van der Waals surface area contributed by atoms with Crippen LogP contribution in [0.5, 0.6) is 0 Å². The highest BCUT2D eigenvalue weighted by molar-refractivity contribution is 5.35. The lowest BCUT2D eigenvalue weighted by Gasteiger charge is -2.45. The van der Waals surface area contributed by atoms with Crippen LogP contribution in [0.25, 0.3) is 0 Å². The lowest BCUT2D eigenvalue weighted by atomic mass is 9.73. The number of aryl methyl sites for hydroxylation is 1. The molecule has 5 heteroatoms. The fraction of sp³-hybridized carbons (Fsp3) is 0.625. The molecule has 1 aromatic rings. The Morgan fingerprint density at radius 3 is 2.33 bits per heavy atom. The third-order valence-corrected chi connectivity index (χ3v) is 4.69. The number of benzene rings is 1. The van der Waals surface area contributed by atoms with Crippen LogP contribution in [0.3, 0.4) is 0 Å². The van der Waals surface area contributed by atoms with Gasteiger partial charge < -0.3 is 10.4 Å². The lowest BCUT2D eigenvalue weighted by Crippen LogP contribution is -2.54. The number of aliphatic hydroxyl groups is 1. The molecule has 116 valence electrons. The molecule has 2 fully saturated rings. The van der Waals surface area contributed by atoms with Gasteiger partial charge in [-0.25, -0.2) is 0 Å². The Morgan fingerprint density at radius 2 is 1.76 bits per heavy atom. The fourth-order valence-electron chi connectivity index (χ4n) is 3.78. The third-order valence-electron chi connectivity index (χ3n) is 4.69. The fourth-order valence-corrected chi connectivity index (χ4v) is 3.78. The molecule has 2 atom stereocenters. The van der Waals surface area contributed by atoms with Crippen molar-refractivity contribution >= 4 is 0 Å². The van der Waals surface area contributed by atoms with Gasteiger partial charge in [0.25, 0.3) is 0 Å². The Kier molecular flexibility index (Phi) is 3.53. The summed E-state index contributed by atoms with van der Waals surface area (Å²) in [5.41, 5.74) is -0.868. The van der Waals surface area contributed by atoms with Crippen molar-refractivity contribution in [2.45, 2.75) is 62.9 Å². The van der Waals surface area contributed by atoms with Gasteiger partial charge in [0.1, 0.15) is 0 Å². The summed E-state index contributed by atoms with van der Waals surface area (Å²) < 4.78 is 38.9. The number of hydrogen-bond donors (Lipinski definition) is 2. The molecule has 0 saturated carbocycles. The second-order valence-electron chi connectivity index (χ2n) is 6.52. The number of fused-ring (bicyclic) bond motifs is 2. The van der Waals surface area contributed by atoms with Gasteiger partial charge in [0.05, 0.1) is 11.2 Å². The van der Waals surface area contributed by atoms with E-state index in [9.17, 15) is 18.3 Å². The molecule has 2 bridgehead atoms. The van der Waals surface area contributed by atoms with Crippen LogP contribution in [0.2, 0.25) is 0 Å². The summed E-state index contributed by atoms with van der Waals surface area (Å²) in [4.78, 5) is 0. The van der Waals surface area contributed by atoms with E-state index in [1.54, 1.807) is 13.0 Å². The molecule has 0 spiro atoms. The minimum Gasteiger partial charge on any atom is -0.385 e. The van der Waals surface area contributed by atoms with Gasteiger partial charge in [-0.2, -0.15) is 13.2 Å². The summed E-state index contributed by atoms with van der Waals surface area (Å²) in [6, 6.07) is 4.36. The van der Waals surface area contributed by atoms with E-state index in [0.29, 0.717) is 24.0 Å². The Labute approximate surface area is 122 Å². The molecule has 2 N–H and O–H groups in total. The molecule has 0 aromatic heterocycles. The lowest BCUT2D eigenvalue weighted by molar-refractivity contribution is -0.137. The number of piperidine rings is 2. The van der Waals surface area contributed by atoms with Crippen molar-refractivity contribution in [2.75, 3.05) is 0 Å². The van der Waals surface area contributed by atoms with Gasteiger partial charge in [-0.3, -0.25) is 0 Å². The van der Waals surface area contributed by atoms with Crippen LogP contribution in [-0.4, -0.2) is 17.2 Å². The Hall–Kier alpha value is -1.07. The highest BCUT2D eigenvalue weighted by Gasteiger charge is 2.43. The van der Waals surface area contributed by atoms with Crippen molar-refractivity contribution in [3.05, 3.63) is 34.9 Å². The monoisotopic (exact) mass is 299 g/mol. The van der Waals surface area contributed by atoms with Gasteiger partial charge in [-0.05, 0) is 50.3 Å². The van der Waals surface area contributed by atoms with E-state index in [1.807, 2.05) is 0 Å². The first-order chi connectivity index (χ1) is 9.76. The first-order valence-corrected chi connectivity index (χ1v) is 7.44. The molecule has 2 nitrogen and oxygen atoms in total. The Morgan fingerprint density at radius 1 is 1.14 bits per heavy atom. The van der Waals surface area contributed by atoms with Crippen LogP contribution in [0, 0.1) is 6.92 Å². The molecule has 2 unspecified atom stereocenters. The largest absolute Gasteiger partial charge is 0.416 e. The second kappa shape index (κ2) is 4.99. The van der Waals surface area contributed by atoms with Gasteiger partial charge >= 0.3 is 6.18 Å². The molecule has 3 rings (SSSR count). The number of halogens is 3. The molecular formula is C16H20F3NO. The van der Waals surface area contributed by atoms with Crippen molar-refractivity contribution in [3.63, 3.8) is 0 Å². The summed E-state index contributed by atoms with van der Waals surface area (Å²) in [6.07, 6.45) is -0.304. The van der Waals surface area contributed by atoms with E-state index in [-0.39, 0.29) is 12.1 Å². The van der Waals surface area contributed by atoms with Crippen LogP contribution < -0.4 is 5.32 Å². The van der Waals surface area contributed by atoms with E-state index >= 15 is 0 Å². The van der Waals surface area contributed by atoms with Crippen molar-refractivity contribution in [1.29, 1.82) is 0 Å². The first-order valence-electron chi connectivity index (χ1n) is 7.44. The zero-order valence-corrected chi connectivity index (χ0v) is 12.0. The molecule has 2 aliphatic rings. The van der Waals surface area contributed by atoms with Crippen molar-refractivity contribution < 1.29 is 18.3 Å². The van der Waals surface area contributed by atoms with Crippen molar-refractivity contribution in [1.82, 2.24) is 5.32 Å². The topological polar surface area (TPSA) is 32.3 Å². The molecule has 0 aliphatic carbocycles. The summed E-state index contributed by atoms with van der Waals surface area (Å²) >= 11 is 0. The maximum atomic E-state index is 13.0. The summed E-state index contributed by atoms with van der Waals surface area (Å²) in [7, 11) is 0. The molecule has 21 heavy (non-hydrogen) atoms. The van der Waals surface area contributed by atoms with Crippen LogP contribution in [0.4, 0.5) is 13.2 Å². The standard InChI is InChI=1S/C16H20F3NO/c1-10-5-11(7-12(6-10)16(17,18)19)15(21)8-13-3-2-4-14(9-15)20-13/h5-7,13-14,20-21H,2-4,8-9H2,1H3. The van der Waals surface area contributed by atoms with Gasteiger partial charge in [-0.15, -0.1) is 0 Å². The van der Waals surface area contributed by atoms with Gasteiger partial charge in [0.2, 0.25) is 0 Å². The minimum atomic E-state index is -4.38. The molecule has 0 amide bonds. The van der Waals surface area contributed by atoms with Crippen LogP contribution >= 0.6 is 0 Å². The predicted molar refractivity (Wildman–Crippen MR) is 73.9 cm³/mol. The zero-order chi connectivity index (χ0) is 15.3. The van der Waals surface area contributed by atoms with Crippen LogP contribution in [0.15, 0.2) is 18.2 Å². The number of hydrogen-bond acceptors (Lipinski definition) is 2. The Bertz CT molecular complexity index is 529. The highest BCUT2D eigenvalue weighted by atomic mass is 19.4. The maximum Gasteiger partial charge on any atom is 0.416 e. The van der Waals surface area contributed by atoms with Gasteiger partial charge in [0.15, 0.2) is 0 Å². The minimum absolute atomic E-state index is 0.206. The zero-order valence-electron chi connectivity index (χ0n) is 12.0. The normalized spacial score (nSPS) is 33.0. The van der Waals surface area contributed by atoms with Crippen molar-refractivity contribution in [2.24, 2.45) is 0 Å². The number of alkyl halides is 3. The average Bonchev–Trinajstić information content (AvgIpc) is 2.36. The van der Waals surface area contributed by atoms with Crippen LogP contribution in [-0.2, 0) is 11.8 Å².